The predicted molar refractivity (Wildman–Crippen MR) is 46.9 cm³/mol. The smallest absolute Gasteiger partial charge is 0.211 e. The molecule has 0 amide bonds. The van der Waals surface area contributed by atoms with Gasteiger partial charge in [-0.3, -0.25) is 0 Å². The third kappa shape index (κ3) is 6.13. The van der Waals surface area contributed by atoms with Crippen LogP contribution in [-0.2, 0) is 10.0 Å². The lowest BCUT2D eigenvalue weighted by atomic mass is 10.3. The summed E-state index contributed by atoms with van der Waals surface area (Å²) < 4.78 is 24.5. The number of hydrogen-bond acceptors (Lipinski definition) is 3. The largest absolute Gasteiger partial charge is 0.214 e. The number of rotatable bonds is 5. The number of sulfonamides is 1. The molecule has 0 aliphatic heterocycles. The van der Waals surface area contributed by atoms with Gasteiger partial charge in [0, 0.05) is 13.0 Å². The molecule has 0 radical (unpaired) electrons. The van der Waals surface area contributed by atoms with Gasteiger partial charge in [0.1, 0.15) is 0 Å². The monoisotopic (exact) mass is 190 g/mol. The summed E-state index contributed by atoms with van der Waals surface area (Å²) in [7, 11) is -3.15. The molecule has 12 heavy (non-hydrogen) atoms. The molecule has 0 aromatic heterocycles. The van der Waals surface area contributed by atoms with Crippen LogP contribution in [-0.4, -0.2) is 20.7 Å². The highest BCUT2D eigenvalue weighted by Gasteiger charge is 2.10. The number of nitriles is 1. The summed E-state index contributed by atoms with van der Waals surface area (Å²) >= 11 is 0. The van der Waals surface area contributed by atoms with Crippen molar-refractivity contribution in [1.29, 1.82) is 5.26 Å². The number of nitrogens with one attached hydrogen (secondary N) is 1. The Bertz CT molecular complexity index is 251. The molecule has 0 fully saturated rings. The summed E-state index contributed by atoms with van der Waals surface area (Å²) in [6, 6.07) is 1.87. The zero-order chi connectivity index (χ0) is 9.61. The van der Waals surface area contributed by atoms with Crippen LogP contribution in [0.2, 0.25) is 0 Å². The maximum atomic E-state index is 11.1. The van der Waals surface area contributed by atoms with Crippen LogP contribution in [0.25, 0.3) is 0 Å². The van der Waals surface area contributed by atoms with E-state index in [-0.39, 0.29) is 24.6 Å². The van der Waals surface area contributed by atoms with Gasteiger partial charge in [-0.25, -0.2) is 13.1 Å². The maximum Gasteiger partial charge on any atom is 0.211 e. The van der Waals surface area contributed by atoms with Crippen LogP contribution < -0.4 is 4.72 Å². The van der Waals surface area contributed by atoms with Gasteiger partial charge in [-0.15, -0.1) is 0 Å². The topological polar surface area (TPSA) is 70.0 Å². The number of nitrogens with zero attached hydrogens (tertiary/aromatic N) is 1. The van der Waals surface area contributed by atoms with Crippen LogP contribution in [0.1, 0.15) is 20.3 Å². The van der Waals surface area contributed by atoms with Crippen molar-refractivity contribution in [2.24, 2.45) is 5.92 Å². The fourth-order valence-corrected chi connectivity index (χ4v) is 2.17. The maximum absolute atomic E-state index is 11.1. The summed E-state index contributed by atoms with van der Waals surface area (Å²) in [6.45, 7) is 3.89. The van der Waals surface area contributed by atoms with Crippen LogP contribution in [0.3, 0.4) is 0 Å². The lowest BCUT2D eigenvalue weighted by Gasteiger charge is -2.06. The Kier molecular flexibility index (Phi) is 4.86. The average Bonchev–Trinajstić information content (AvgIpc) is 1.84. The predicted octanol–water partition coefficient (Wildman–Crippen LogP) is 0.475. The van der Waals surface area contributed by atoms with E-state index in [0.717, 1.165) is 0 Å². The Hall–Kier alpha value is -0.600. The molecule has 0 aliphatic carbocycles. The molecule has 0 saturated heterocycles. The van der Waals surface area contributed by atoms with Gasteiger partial charge in [-0.1, -0.05) is 13.8 Å². The minimum Gasteiger partial charge on any atom is -0.214 e. The van der Waals surface area contributed by atoms with Gasteiger partial charge in [0.15, 0.2) is 0 Å². The average molecular weight is 190 g/mol. The molecule has 0 heterocycles. The van der Waals surface area contributed by atoms with E-state index in [4.69, 9.17) is 5.26 Å². The fraction of sp³-hybridized carbons (Fsp3) is 0.857. The van der Waals surface area contributed by atoms with Gasteiger partial charge < -0.3 is 0 Å². The second-order valence-corrected chi connectivity index (χ2v) is 4.83. The molecule has 0 atom stereocenters. The zero-order valence-electron chi connectivity index (χ0n) is 7.37. The molecule has 0 rings (SSSR count). The van der Waals surface area contributed by atoms with Crippen molar-refractivity contribution < 1.29 is 8.42 Å². The van der Waals surface area contributed by atoms with Gasteiger partial charge in [0.2, 0.25) is 10.0 Å². The second-order valence-electron chi connectivity index (χ2n) is 2.98. The second kappa shape index (κ2) is 5.12. The van der Waals surface area contributed by atoms with Crippen LogP contribution >= 0.6 is 0 Å². The third-order valence-corrected chi connectivity index (χ3v) is 2.86. The van der Waals surface area contributed by atoms with Crippen molar-refractivity contribution in [2.75, 3.05) is 12.3 Å². The minimum atomic E-state index is -3.15. The van der Waals surface area contributed by atoms with Crippen LogP contribution in [0, 0.1) is 17.2 Å². The highest BCUT2D eigenvalue weighted by atomic mass is 32.2. The Morgan fingerprint density at radius 1 is 1.50 bits per heavy atom. The SMILES string of the molecule is CC(C)CS(=O)(=O)NCCC#N. The van der Waals surface area contributed by atoms with Crippen molar-refractivity contribution in [1.82, 2.24) is 4.72 Å². The van der Waals surface area contributed by atoms with Gasteiger partial charge in [-0.2, -0.15) is 5.26 Å². The van der Waals surface area contributed by atoms with Crippen LogP contribution in [0.5, 0.6) is 0 Å². The molecular formula is C7H14N2O2S. The molecule has 0 spiro atoms. The molecule has 1 N–H and O–H groups in total. The van der Waals surface area contributed by atoms with Gasteiger partial charge in [0.05, 0.1) is 11.8 Å². The van der Waals surface area contributed by atoms with Crippen molar-refractivity contribution in [2.45, 2.75) is 20.3 Å². The molecule has 0 bridgehead atoms. The Morgan fingerprint density at radius 3 is 2.50 bits per heavy atom. The first-order chi connectivity index (χ1) is 5.48. The molecule has 5 heteroatoms. The Labute approximate surface area is 73.6 Å². The molecular weight excluding hydrogens is 176 g/mol. The fourth-order valence-electron chi connectivity index (χ4n) is 0.760. The molecule has 0 aliphatic rings. The minimum absolute atomic E-state index is 0.115. The van der Waals surface area contributed by atoms with E-state index in [1.54, 1.807) is 0 Å². The number of hydrogen-bond donors (Lipinski definition) is 1. The van der Waals surface area contributed by atoms with Crippen molar-refractivity contribution in [3.8, 4) is 6.07 Å². The molecule has 4 nitrogen and oxygen atoms in total. The molecule has 0 aromatic rings. The van der Waals surface area contributed by atoms with Gasteiger partial charge >= 0.3 is 0 Å². The van der Waals surface area contributed by atoms with E-state index < -0.39 is 10.0 Å². The van der Waals surface area contributed by atoms with E-state index in [9.17, 15) is 8.42 Å². The summed E-state index contributed by atoms with van der Waals surface area (Å²) in [5, 5.41) is 8.16. The Morgan fingerprint density at radius 2 is 2.08 bits per heavy atom. The molecule has 0 unspecified atom stereocenters. The highest BCUT2D eigenvalue weighted by molar-refractivity contribution is 7.89. The van der Waals surface area contributed by atoms with E-state index >= 15 is 0 Å². The molecule has 0 saturated carbocycles. The van der Waals surface area contributed by atoms with E-state index in [1.165, 1.54) is 0 Å². The lowest BCUT2D eigenvalue weighted by Crippen LogP contribution is -2.29. The Balaban J connectivity index is 3.83. The van der Waals surface area contributed by atoms with Crippen molar-refractivity contribution in [3.63, 3.8) is 0 Å². The summed E-state index contributed by atoms with van der Waals surface area (Å²) in [5.74, 6) is 0.239. The first kappa shape index (κ1) is 11.4. The zero-order valence-corrected chi connectivity index (χ0v) is 8.19. The third-order valence-electron chi connectivity index (χ3n) is 1.11. The van der Waals surface area contributed by atoms with E-state index in [2.05, 4.69) is 4.72 Å². The lowest BCUT2D eigenvalue weighted by molar-refractivity contribution is 0.569. The van der Waals surface area contributed by atoms with Gasteiger partial charge in [0.25, 0.3) is 0 Å². The standard InChI is InChI=1S/C7H14N2O2S/c1-7(2)6-12(10,11)9-5-3-4-8/h7,9H,3,5-6H2,1-2H3. The van der Waals surface area contributed by atoms with E-state index in [0.29, 0.717) is 0 Å². The van der Waals surface area contributed by atoms with E-state index in [1.807, 2.05) is 19.9 Å². The summed E-state index contributed by atoms with van der Waals surface area (Å²) in [5.41, 5.74) is 0. The highest BCUT2D eigenvalue weighted by Crippen LogP contribution is 1.96. The normalized spacial score (nSPS) is 11.5. The van der Waals surface area contributed by atoms with Crippen LogP contribution in [0.4, 0.5) is 0 Å². The van der Waals surface area contributed by atoms with Crippen molar-refractivity contribution in [3.05, 3.63) is 0 Å². The first-order valence-corrected chi connectivity index (χ1v) is 5.47. The molecule has 0 aromatic carbocycles. The van der Waals surface area contributed by atoms with Gasteiger partial charge in [-0.05, 0) is 5.92 Å². The summed E-state index contributed by atoms with van der Waals surface area (Å²) in [6.07, 6.45) is 0.220. The van der Waals surface area contributed by atoms with Crippen LogP contribution in [0.15, 0.2) is 0 Å². The molecule has 70 valence electrons. The summed E-state index contributed by atoms with van der Waals surface area (Å²) in [4.78, 5) is 0. The first-order valence-electron chi connectivity index (χ1n) is 3.82. The van der Waals surface area contributed by atoms with Crippen molar-refractivity contribution >= 4 is 10.0 Å². The quantitative estimate of drug-likeness (QED) is 0.641.